The summed E-state index contributed by atoms with van der Waals surface area (Å²) in [6.07, 6.45) is 9.26. The van der Waals surface area contributed by atoms with Crippen molar-refractivity contribution in [3.8, 4) is 12.3 Å². The first-order valence-corrected chi connectivity index (χ1v) is 7.83. The lowest BCUT2D eigenvalue weighted by Crippen LogP contribution is -2.29. The van der Waals surface area contributed by atoms with Crippen molar-refractivity contribution in [2.75, 3.05) is 13.2 Å². The first kappa shape index (κ1) is 15.6. The largest absolute Gasteiger partial charge is 0.372 e. The second kappa shape index (κ2) is 6.84. The van der Waals surface area contributed by atoms with Gasteiger partial charge in [0.05, 0.1) is 5.69 Å². The molecule has 1 atom stereocenters. The van der Waals surface area contributed by atoms with Crippen molar-refractivity contribution in [2.24, 2.45) is 10.2 Å². The van der Waals surface area contributed by atoms with Crippen LogP contribution in [0, 0.1) is 12.3 Å². The molecule has 1 N–H and O–H groups in total. The number of carbonyl (C=O) groups excluding carboxylic acids is 1. The molecule has 0 saturated carbocycles. The van der Waals surface area contributed by atoms with Crippen LogP contribution in [0.25, 0.3) is 0 Å². The number of aromatic nitrogens is 2. The second-order valence-electron chi connectivity index (χ2n) is 5.74. The molecular formula is C16H19N5O2. The Morgan fingerprint density at radius 1 is 1.39 bits per heavy atom. The van der Waals surface area contributed by atoms with E-state index in [2.05, 4.69) is 31.7 Å². The fraction of sp³-hybridized carbons (Fsp3) is 0.562. The van der Waals surface area contributed by atoms with Gasteiger partial charge in [0, 0.05) is 32.4 Å². The minimum atomic E-state index is -0.380. The highest BCUT2D eigenvalue weighted by atomic mass is 16.5. The third-order valence-electron chi connectivity index (χ3n) is 4.04. The van der Waals surface area contributed by atoms with Crippen molar-refractivity contribution in [3.05, 3.63) is 23.5 Å². The van der Waals surface area contributed by atoms with E-state index in [-0.39, 0.29) is 17.7 Å². The van der Waals surface area contributed by atoms with E-state index in [1.54, 1.807) is 12.1 Å². The summed E-state index contributed by atoms with van der Waals surface area (Å²) in [6, 6.07) is 3.48. The summed E-state index contributed by atoms with van der Waals surface area (Å²) in [5, 5.41) is 19.0. The zero-order chi connectivity index (χ0) is 16.1. The Labute approximate surface area is 134 Å². The molecule has 2 aliphatic heterocycles. The zero-order valence-corrected chi connectivity index (χ0v) is 12.9. The molecule has 0 aliphatic carbocycles. The van der Waals surface area contributed by atoms with E-state index in [1.807, 2.05) is 0 Å². The van der Waals surface area contributed by atoms with E-state index in [1.165, 1.54) is 0 Å². The molecule has 3 heterocycles. The predicted molar refractivity (Wildman–Crippen MR) is 82.6 cm³/mol. The molecule has 23 heavy (non-hydrogen) atoms. The Kier molecular flexibility index (Phi) is 4.63. The number of rotatable bonds is 7. The van der Waals surface area contributed by atoms with E-state index < -0.39 is 0 Å². The van der Waals surface area contributed by atoms with Crippen molar-refractivity contribution in [1.29, 1.82) is 0 Å². The Morgan fingerprint density at radius 2 is 2.26 bits per heavy atom. The monoisotopic (exact) mass is 313 g/mol. The third kappa shape index (κ3) is 3.90. The second-order valence-corrected chi connectivity index (χ2v) is 5.74. The van der Waals surface area contributed by atoms with Crippen LogP contribution in [-0.4, -0.2) is 34.9 Å². The van der Waals surface area contributed by atoms with Gasteiger partial charge in [-0.2, -0.15) is 15.3 Å². The first-order valence-electron chi connectivity index (χ1n) is 7.83. The van der Waals surface area contributed by atoms with Gasteiger partial charge in [-0.25, -0.2) is 0 Å². The van der Waals surface area contributed by atoms with Crippen molar-refractivity contribution in [2.45, 2.75) is 43.9 Å². The Bertz CT molecular complexity index is 623. The van der Waals surface area contributed by atoms with E-state index in [4.69, 9.17) is 11.2 Å². The normalized spacial score (nSPS) is 20.9. The van der Waals surface area contributed by atoms with Gasteiger partial charge >= 0.3 is 0 Å². The third-order valence-corrected chi connectivity index (χ3v) is 4.04. The SMILES string of the molecule is C#CCCC1(CCNC(=O)c2ccc(C3CCCO3)nn2)N=N1. The van der Waals surface area contributed by atoms with Gasteiger partial charge in [0.25, 0.3) is 5.91 Å². The van der Waals surface area contributed by atoms with Crippen molar-refractivity contribution in [1.82, 2.24) is 15.5 Å². The fourth-order valence-electron chi connectivity index (χ4n) is 2.58. The van der Waals surface area contributed by atoms with Crippen LogP contribution in [0.2, 0.25) is 0 Å². The zero-order valence-electron chi connectivity index (χ0n) is 12.9. The number of nitrogens with one attached hydrogen (secondary N) is 1. The van der Waals surface area contributed by atoms with Crippen LogP contribution < -0.4 is 5.32 Å². The van der Waals surface area contributed by atoms with Crippen molar-refractivity contribution in [3.63, 3.8) is 0 Å². The smallest absolute Gasteiger partial charge is 0.271 e. The molecule has 7 heteroatoms. The number of amides is 1. The highest BCUT2D eigenvalue weighted by molar-refractivity contribution is 5.91. The number of hydrogen-bond acceptors (Lipinski definition) is 6. The minimum absolute atomic E-state index is 0.00807. The average molecular weight is 313 g/mol. The molecule has 1 aromatic rings. The van der Waals surface area contributed by atoms with Gasteiger partial charge < -0.3 is 10.1 Å². The summed E-state index contributed by atoms with van der Waals surface area (Å²) in [6.45, 7) is 1.23. The van der Waals surface area contributed by atoms with Gasteiger partial charge in [-0.05, 0) is 25.0 Å². The first-order chi connectivity index (χ1) is 11.2. The summed E-state index contributed by atoms with van der Waals surface area (Å²) in [7, 11) is 0. The van der Waals surface area contributed by atoms with Gasteiger partial charge in [-0.1, -0.05) is 0 Å². The maximum atomic E-state index is 12.1. The summed E-state index contributed by atoms with van der Waals surface area (Å²) in [5.74, 6) is 2.34. The lowest BCUT2D eigenvalue weighted by Gasteiger charge is -2.10. The number of nitrogens with zero attached hydrogens (tertiary/aromatic N) is 4. The Hall–Kier alpha value is -2.33. The highest BCUT2D eigenvalue weighted by Crippen LogP contribution is 2.36. The van der Waals surface area contributed by atoms with E-state index in [0.717, 1.165) is 31.6 Å². The maximum absolute atomic E-state index is 12.1. The highest BCUT2D eigenvalue weighted by Gasteiger charge is 2.38. The Morgan fingerprint density at radius 3 is 2.87 bits per heavy atom. The van der Waals surface area contributed by atoms with Crippen molar-refractivity contribution < 1.29 is 9.53 Å². The molecule has 1 saturated heterocycles. The van der Waals surface area contributed by atoms with E-state index >= 15 is 0 Å². The molecule has 3 rings (SSSR count). The van der Waals surface area contributed by atoms with Crippen molar-refractivity contribution >= 4 is 5.91 Å². The van der Waals surface area contributed by atoms with Gasteiger partial charge in [-0.3, -0.25) is 4.79 Å². The van der Waals surface area contributed by atoms with Crippen LogP contribution in [-0.2, 0) is 4.74 Å². The Balaban J connectivity index is 1.46. The van der Waals surface area contributed by atoms with Crippen LogP contribution in [0.4, 0.5) is 0 Å². The number of ether oxygens (including phenoxy) is 1. The number of carbonyl (C=O) groups is 1. The lowest BCUT2D eigenvalue weighted by molar-refractivity contribution is 0.0942. The van der Waals surface area contributed by atoms with Gasteiger partial charge in [0.15, 0.2) is 11.4 Å². The molecule has 0 bridgehead atoms. The molecular weight excluding hydrogens is 294 g/mol. The molecule has 1 amide bonds. The minimum Gasteiger partial charge on any atom is -0.372 e. The molecule has 1 unspecified atom stereocenters. The van der Waals surface area contributed by atoms with Gasteiger partial charge in [0.1, 0.15) is 6.10 Å². The average Bonchev–Trinajstić information content (AvgIpc) is 3.13. The maximum Gasteiger partial charge on any atom is 0.271 e. The predicted octanol–water partition coefficient (Wildman–Crippen LogP) is 2.02. The number of terminal acetylenes is 1. The molecule has 0 spiro atoms. The van der Waals surface area contributed by atoms with E-state index in [9.17, 15) is 4.79 Å². The molecule has 2 aliphatic rings. The van der Waals surface area contributed by atoms with Crippen LogP contribution in [0.1, 0.15) is 54.4 Å². The summed E-state index contributed by atoms with van der Waals surface area (Å²) in [4.78, 5) is 12.1. The number of hydrogen-bond donors (Lipinski definition) is 1. The molecule has 7 nitrogen and oxygen atoms in total. The summed E-state index contributed by atoms with van der Waals surface area (Å²) >= 11 is 0. The van der Waals surface area contributed by atoms with E-state index in [0.29, 0.717) is 25.1 Å². The molecule has 0 aromatic carbocycles. The molecule has 120 valence electrons. The topological polar surface area (TPSA) is 88.8 Å². The molecule has 1 fully saturated rings. The van der Waals surface area contributed by atoms with Crippen LogP contribution in [0.3, 0.4) is 0 Å². The van der Waals surface area contributed by atoms with Gasteiger partial charge in [-0.15, -0.1) is 17.4 Å². The quantitative estimate of drug-likeness (QED) is 0.780. The van der Waals surface area contributed by atoms with Gasteiger partial charge in [0.2, 0.25) is 0 Å². The summed E-state index contributed by atoms with van der Waals surface area (Å²) < 4.78 is 5.54. The van der Waals surface area contributed by atoms with Crippen LogP contribution in [0.5, 0.6) is 0 Å². The van der Waals surface area contributed by atoms with Crippen LogP contribution in [0.15, 0.2) is 22.4 Å². The van der Waals surface area contributed by atoms with Crippen LogP contribution >= 0.6 is 0 Å². The summed E-state index contributed by atoms with van der Waals surface area (Å²) in [5.41, 5.74) is 0.701. The molecule has 1 aromatic heterocycles. The fourth-order valence-corrected chi connectivity index (χ4v) is 2.58. The molecule has 0 radical (unpaired) electrons. The lowest BCUT2D eigenvalue weighted by atomic mass is 10.0. The standard InChI is InChI=1S/C16H19N5O2/c1-2-3-8-16(20-21-16)9-10-17-15(22)13-7-6-12(18-19-13)14-5-4-11-23-14/h1,6-7,14H,3-5,8-11H2,(H,17,22).